The van der Waals surface area contributed by atoms with E-state index in [1.54, 1.807) is 11.8 Å². The second-order valence-corrected chi connectivity index (χ2v) is 6.67. The van der Waals surface area contributed by atoms with E-state index in [4.69, 9.17) is 5.11 Å². The summed E-state index contributed by atoms with van der Waals surface area (Å²) in [7, 11) is 0. The van der Waals surface area contributed by atoms with Crippen molar-refractivity contribution in [2.24, 2.45) is 0 Å². The van der Waals surface area contributed by atoms with Crippen LogP contribution in [0.1, 0.15) is 42.0 Å². The maximum absolute atomic E-state index is 12.3. The van der Waals surface area contributed by atoms with Gasteiger partial charge in [-0.3, -0.25) is 4.79 Å². The lowest BCUT2D eigenvalue weighted by atomic mass is 10.00. The van der Waals surface area contributed by atoms with Gasteiger partial charge in [0.05, 0.1) is 0 Å². The fourth-order valence-electron chi connectivity index (χ4n) is 2.72. The van der Waals surface area contributed by atoms with Gasteiger partial charge in [-0.1, -0.05) is 24.3 Å². The van der Waals surface area contributed by atoms with E-state index in [-0.39, 0.29) is 12.2 Å². The molecule has 4 heteroatoms. The molecule has 2 N–H and O–H groups in total. The van der Waals surface area contributed by atoms with Gasteiger partial charge in [0.1, 0.15) is 0 Å². The number of benzene rings is 1. The average molecular weight is 327 g/mol. The zero-order valence-electron chi connectivity index (χ0n) is 13.2. The van der Waals surface area contributed by atoms with Gasteiger partial charge in [-0.15, -0.1) is 11.8 Å². The molecule has 0 spiro atoms. The maximum Gasteiger partial charge on any atom is 0.251 e. The van der Waals surface area contributed by atoms with Crippen LogP contribution in [0.3, 0.4) is 0 Å². The molecule has 1 aliphatic carbocycles. The summed E-state index contributed by atoms with van der Waals surface area (Å²) in [6.07, 6.45) is 6.82. The molecule has 1 heterocycles. The molecule has 3 rings (SSSR count). The molecule has 0 radical (unpaired) electrons. The molecule has 1 aromatic carbocycles. The van der Waals surface area contributed by atoms with Crippen LogP contribution in [0.25, 0.3) is 5.57 Å². The number of aliphatic hydroxyl groups is 1. The van der Waals surface area contributed by atoms with Crippen LogP contribution in [0.5, 0.6) is 0 Å². The van der Waals surface area contributed by atoms with Gasteiger partial charge in [-0.2, -0.15) is 0 Å². The molecular weight excluding hydrogens is 306 g/mol. The third-order valence-corrected chi connectivity index (χ3v) is 4.87. The van der Waals surface area contributed by atoms with Gasteiger partial charge in [0.15, 0.2) is 0 Å². The van der Waals surface area contributed by atoms with E-state index in [9.17, 15) is 4.79 Å². The van der Waals surface area contributed by atoms with Crippen LogP contribution >= 0.6 is 11.8 Å². The first kappa shape index (κ1) is 16.1. The van der Waals surface area contributed by atoms with Crippen molar-refractivity contribution in [1.29, 1.82) is 0 Å². The van der Waals surface area contributed by atoms with Crippen LogP contribution in [0.2, 0.25) is 0 Å². The van der Waals surface area contributed by atoms with Gasteiger partial charge in [0.25, 0.3) is 5.56 Å². The highest BCUT2D eigenvalue weighted by atomic mass is 32.2. The molecule has 0 saturated heterocycles. The van der Waals surface area contributed by atoms with Crippen molar-refractivity contribution in [3.8, 4) is 0 Å². The fraction of sp³-hybridized carbons (Fsp3) is 0.316. The molecule has 0 aliphatic heterocycles. The number of aliphatic hydroxyl groups excluding tert-OH is 1. The second kappa shape index (κ2) is 7.20. The van der Waals surface area contributed by atoms with Gasteiger partial charge in [0, 0.05) is 28.3 Å². The summed E-state index contributed by atoms with van der Waals surface area (Å²) in [5.41, 5.74) is 3.73. The Kier molecular flexibility index (Phi) is 5.03. The first-order valence-electron chi connectivity index (χ1n) is 7.92. The summed E-state index contributed by atoms with van der Waals surface area (Å²) in [5.74, 6) is 0.443. The highest BCUT2D eigenvalue weighted by Gasteiger charge is 2.26. The standard InChI is InChI=1S/C19H21NO2S/c1-23-15-8-6-13(7-9-15)16(3-2-12-21)18-11-10-17(14-4-5-14)19(22)20-18/h3,6-11,14,21H,2,4-5,12H2,1H3,(H,20,22)/b16-3-. The third kappa shape index (κ3) is 3.77. The monoisotopic (exact) mass is 327 g/mol. The van der Waals surface area contributed by atoms with E-state index in [0.717, 1.165) is 35.2 Å². The zero-order valence-corrected chi connectivity index (χ0v) is 14.0. The van der Waals surface area contributed by atoms with E-state index in [1.807, 2.05) is 24.5 Å². The van der Waals surface area contributed by atoms with Gasteiger partial charge in [0.2, 0.25) is 0 Å². The van der Waals surface area contributed by atoms with E-state index in [2.05, 4.69) is 29.2 Å². The van der Waals surface area contributed by atoms with E-state index < -0.39 is 0 Å². The SMILES string of the molecule is CSc1ccc(/C(=C/CCO)c2ccc(C3CC3)c(=O)[nH]2)cc1. The van der Waals surface area contributed by atoms with Crippen molar-refractivity contribution in [3.05, 3.63) is 69.6 Å². The minimum atomic E-state index is 0.0145. The Morgan fingerprint density at radius 3 is 2.57 bits per heavy atom. The number of thioether (sulfide) groups is 1. The summed E-state index contributed by atoms with van der Waals surface area (Å²) in [6, 6.07) is 12.2. The second-order valence-electron chi connectivity index (χ2n) is 5.79. The van der Waals surface area contributed by atoms with Gasteiger partial charge in [-0.05, 0) is 55.2 Å². The van der Waals surface area contributed by atoms with Crippen LogP contribution in [-0.2, 0) is 0 Å². The van der Waals surface area contributed by atoms with Crippen molar-refractivity contribution in [3.63, 3.8) is 0 Å². The fourth-order valence-corrected chi connectivity index (χ4v) is 3.13. The summed E-state index contributed by atoms with van der Waals surface area (Å²) in [6.45, 7) is 0.0940. The third-order valence-electron chi connectivity index (χ3n) is 4.13. The predicted molar refractivity (Wildman–Crippen MR) is 96.0 cm³/mol. The molecule has 0 amide bonds. The summed E-state index contributed by atoms with van der Waals surface area (Å²) in [5, 5.41) is 9.15. The first-order valence-corrected chi connectivity index (χ1v) is 9.14. The smallest absolute Gasteiger partial charge is 0.251 e. The topological polar surface area (TPSA) is 53.1 Å². The number of aromatic nitrogens is 1. The molecule has 1 aromatic heterocycles. The minimum absolute atomic E-state index is 0.0145. The summed E-state index contributed by atoms with van der Waals surface area (Å²) < 4.78 is 0. The molecule has 2 aromatic rings. The Balaban J connectivity index is 1.98. The summed E-state index contributed by atoms with van der Waals surface area (Å²) in [4.78, 5) is 16.5. The molecular formula is C19H21NO2S. The van der Waals surface area contributed by atoms with Crippen molar-refractivity contribution in [1.82, 2.24) is 4.98 Å². The molecule has 1 saturated carbocycles. The lowest BCUT2D eigenvalue weighted by Gasteiger charge is -2.10. The molecule has 120 valence electrons. The van der Waals surface area contributed by atoms with Crippen molar-refractivity contribution in [2.45, 2.75) is 30.1 Å². The number of H-pyrrole nitrogens is 1. The maximum atomic E-state index is 12.3. The summed E-state index contributed by atoms with van der Waals surface area (Å²) >= 11 is 1.70. The van der Waals surface area contributed by atoms with E-state index >= 15 is 0 Å². The quantitative estimate of drug-likeness (QED) is 0.794. The van der Waals surface area contributed by atoms with Crippen LogP contribution in [-0.4, -0.2) is 23.0 Å². The Hall–Kier alpha value is -1.78. The highest BCUT2D eigenvalue weighted by molar-refractivity contribution is 7.98. The Morgan fingerprint density at radius 2 is 2.00 bits per heavy atom. The molecule has 1 aliphatic rings. The van der Waals surface area contributed by atoms with Crippen molar-refractivity contribution >= 4 is 17.3 Å². The lowest BCUT2D eigenvalue weighted by molar-refractivity contribution is 0.303. The number of nitrogens with one attached hydrogen (secondary N) is 1. The Bertz CT molecular complexity index is 758. The van der Waals surface area contributed by atoms with Crippen LogP contribution in [0, 0.1) is 0 Å². The lowest BCUT2D eigenvalue weighted by Crippen LogP contribution is -2.13. The largest absolute Gasteiger partial charge is 0.396 e. The zero-order chi connectivity index (χ0) is 16.2. The molecule has 1 fully saturated rings. The van der Waals surface area contributed by atoms with Gasteiger partial charge in [-0.25, -0.2) is 0 Å². The Labute approximate surface area is 140 Å². The average Bonchev–Trinajstić information content (AvgIpc) is 3.41. The van der Waals surface area contributed by atoms with Gasteiger partial charge < -0.3 is 10.1 Å². The number of aromatic amines is 1. The van der Waals surface area contributed by atoms with Crippen LogP contribution < -0.4 is 5.56 Å². The molecule has 0 atom stereocenters. The number of pyridine rings is 1. The normalized spacial score (nSPS) is 15.0. The first-order chi connectivity index (χ1) is 11.2. The molecule has 0 unspecified atom stereocenters. The van der Waals surface area contributed by atoms with Gasteiger partial charge >= 0.3 is 0 Å². The molecule has 3 nitrogen and oxygen atoms in total. The minimum Gasteiger partial charge on any atom is -0.396 e. The number of hydrogen-bond donors (Lipinski definition) is 2. The highest BCUT2D eigenvalue weighted by Crippen LogP contribution is 2.38. The van der Waals surface area contributed by atoms with Crippen molar-refractivity contribution < 1.29 is 5.11 Å². The number of rotatable bonds is 6. The Morgan fingerprint density at radius 1 is 1.26 bits per heavy atom. The van der Waals surface area contributed by atoms with Crippen LogP contribution in [0.4, 0.5) is 0 Å². The van der Waals surface area contributed by atoms with E-state index in [0.29, 0.717) is 12.3 Å². The van der Waals surface area contributed by atoms with E-state index in [1.165, 1.54) is 4.90 Å². The molecule has 23 heavy (non-hydrogen) atoms. The molecule has 0 bridgehead atoms. The van der Waals surface area contributed by atoms with Crippen LogP contribution in [0.15, 0.2) is 52.2 Å². The van der Waals surface area contributed by atoms with Crippen molar-refractivity contribution in [2.75, 3.05) is 12.9 Å². The predicted octanol–water partition coefficient (Wildman–Crippen LogP) is 3.79. The number of hydrogen-bond acceptors (Lipinski definition) is 3.